The summed E-state index contributed by atoms with van der Waals surface area (Å²) in [7, 11) is 0. The van der Waals surface area contributed by atoms with E-state index in [2.05, 4.69) is 344 Å². The number of pyridine rings is 2. The first-order chi connectivity index (χ1) is 49.5. The van der Waals surface area contributed by atoms with Crippen LogP contribution in [0.25, 0.3) is 178 Å². The zero-order chi connectivity index (χ0) is 66.6. The Balaban J connectivity index is 0.000000150. The van der Waals surface area contributed by atoms with Gasteiger partial charge in [0.1, 0.15) is 0 Å². The molecule has 100 heavy (non-hydrogen) atoms. The molecular weight excluding hydrogens is 1210 g/mol. The van der Waals surface area contributed by atoms with Crippen molar-refractivity contribution in [2.24, 2.45) is 0 Å². The summed E-state index contributed by atoms with van der Waals surface area (Å²) in [6.07, 6.45) is 7.37. The fourth-order valence-corrected chi connectivity index (χ4v) is 13.6. The van der Waals surface area contributed by atoms with Crippen LogP contribution in [-0.4, -0.2) is 29.9 Å². The Bertz CT molecular complexity index is 5690. The largest absolute Gasteiger partial charge is 0.264 e. The van der Waals surface area contributed by atoms with Crippen molar-refractivity contribution in [2.75, 3.05) is 0 Å². The van der Waals surface area contributed by atoms with Gasteiger partial charge in [-0.25, -0.2) is 19.9 Å². The molecule has 0 bridgehead atoms. The Kier molecular flexibility index (Phi) is 16.3. The average molecular weight is 1280 g/mol. The molecule has 0 amide bonds. The summed E-state index contributed by atoms with van der Waals surface area (Å²) in [5.74, 6) is 1.38. The van der Waals surface area contributed by atoms with Crippen LogP contribution in [0.3, 0.4) is 0 Å². The van der Waals surface area contributed by atoms with Crippen molar-refractivity contribution >= 4 is 43.1 Å². The van der Waals surface area contributed by atoms with Crippen LogP contribution in [0.4, 0.5) is 0 Å². The third-order valence-corrected chi connectivity index (χ3v) is 18.8. The van der Waals surface area contributed by atoms with Crippen molar-refractivity contribution in [1.29, 1.82) is 0 Å². The summed E-state index contributed by atoms with van der Waals surface area (Å²) in [6, 6.07) is 124. The molecule has 4 heterocycles. The number of fused-ring (bicyclic) bond motifs is 5. The summed E-state index contributed by atoms with van der Waals surface area (Å²) in [5.41, 5.74) is 23.5. The van der Waals surface area contributed by atoms with Gasteiger partial charge in [-0.05, 0) is 140 Å². The second kappa shape index (κ2) is 27.0. The molecule has 0 radical (unpaired) electrons. The first kappa shape index (κ1) is 60.3. The first-order valence-corrected chi connectivity index (χ1v) is 33.7. The molecule has 0 atom stereocenters. The molecule has 6 nitrogen and oxygen atoms in total. The van der Waals surface area contributed by atoms with E-state index in [0.29, 0.717) is 11.6 Å². The van der Waals surface area contributed by atoms with Gasteiger partial charge in [-0.1, -0.05) is 322 Å². The molecule has 18 rings (SSSR count). The molecule has 0 unspecified atom stereocenters. The van der Waals surface area contributed by atoms with E-state index >= 15 is 0 Å². The molecule has 4 aromatic heterocycles. The fourth-order valence-electron chi connectivity index (χ4n) is 13.6. The number of aromatic nitrogens is 6. The van der Waals surface area contributed by atoms with Crippen LogP contribution in [-0.2, 0) is 0 Å². The molecule has 468 valence electrons. The lowest BCUT2D eigenvalue weighted by molar-refractivity contribution is 1.18. The predicted octanol–water partition coefficient (Wildman–Crippen LogP) is 24.4. The smallest absolute Gasteiger partial charge is 0.160 e. The quantitative estimate of drug-likeness (QED) is 0.113. The maximum atomic E-state index is 5.15. The van der Waals surface area contributed by atoms with Crippen LogP contribution < -0.4 is 0 Å². The molecule has 18 aromatic rings. The molecule has 0 spiro atoms. The standard InChI is InChI=1S/2C47H31N3/c1-3-13-41-33(8-1)10-5-15-43(41)35-19-25-38(26-20-35)46-30-45(37-23-17-32(18-24-37)40-12-7-29-48-31-40)49-47(50-46)39-27-21-36(22-28-39)44-16-6-11-34-9-2-4-14-42(34)44;1-2-9-32(10-3-1)33-18-26-38(27-19-33)47-49-45(36-22-16-34(17-23-36)40-12-8-28-48-31-40)30-46(50-47)37-24-20-35(21-25-37)44-29-39-11-4-5-13-41(39)42-14-6-7-15-43(42)44/h2*1-31H. The molecule has 0 fully saturated rings. The normalized spacial score (nSPS) is 11.2. The van der Waals surface area contributed by atoms with Gasteiger partial charge in [-0.3, -0.25) is 9.97 Å². The second-order valence-electron chi connectivity index (χ2n) is 25.0. The highest BCUT2D eigenvalue weighted by atomic mass is 14.9. The first-order valence-electron chi connectivity index (χ1n) is 33.7. The number of hydrogen-bond donors (Lipinski definition) is 0. The van der Waals surface area contributed by atoms with E-state index in [-0.39, 0.29) is 0 Å². The summed E-state index contributed by atoms with van der Waals surface area (Å²) in [5, 5.41) is 9.98. The van der Waals surface area contributed by atoms with Gasteiger partial charge in [0.2, 0.25) is 0 Å². The van der Waals surface area contributed by atoms with Crippen molar-refractivity contribution in [1.82, 2.24) is 29.9 Å². The summed E-state index contributed by atoms with van der Waals surface area (Å²) < 4.78 is 0. The Morgan fingerprint density at radius 2 is 0.460 bits per heavy atom. The van der Waals surface area contributed by atoms with E-state index in [1.54, 1.807) is 12.4 Å². The Morgan fingerprint density at radius 3 is 0.880 bits per heavy atom. The molecule has 14 aromatic carbocycles. The zero-order valence-corrected chi connectivity index (χ0v) is 54.5. The summed E-state index contributed by atoms with van der Waals surface area (Å²) in [6.45, 7) is 0. The van der Waals surface area contributed by atoms with Crippen LogP contribution in [0.2, 0.25) is 0 Å². The van der Waals surface area contributed by atoms with Crippen molar-refractivity contribution in [3.05, 3.63) is 377 Å². The minimum Gasteiger partial charge on any atom is -0.264 e. The predicted molar refractivity (Wildman–Crippen MR) is 415 cm³/mol. The molecule has 0 saturated heterocycles. The minimum atomic E-state index is 0.691. The molecule has 6 heteroatoms. The van der Waals surface area contributed by atoms with Crippen LogP contribution >= 0.6 is 0 Å². The molecular formula is C94H62N6. The van der Waals surface area contributed by atoms with Crippen molar-refractivity contribution in [3.8, 4) is 135 Å². The Morgan fingerprint density at radius 1 is 0.160 bits per heavy atom. The number of hydrogen-bond acceptors (Lipinski definition) is 6. The van der Waals surface area contributed by atoms with Gasteiger partial charge in [0.05, 0.1) is 22.8 Å². The van der Waals surface area contributed by atoms with Crippen LogP contribution in [0.1, 0.15) is 0 Å². The molecule has 0 aliphatic heterocycles. The van der Waals surface area contributed by atoms with E-state index in [1.165, 1.54) is 76.5 Å². The SMILES string of the molecule is c1ccc(-c2ccc(-c3nc(-c4ccc(-c5cccnc5)cc4)cc(-c4ccc(-c5cc6ccccc6c6ccccc56)cc4)n3)cc2)cc1.c1cncc(-c2ccc(-c3cc(-c4ccc(-c5cccc6ccccc56)cc4)nc(-c4ccc(-c5cccc6ccccc56)cc4)n3)cc2)c1. The zero-order valence-electron chi connectivity index (χ0n) is 54.5. The fraction of sp³-hybridized carbons (Fsp3) is 0. The van der Waals surface area contributed by atoms with Crippen LogP contribution in [0.15, 0.2) is 377 Å². The lowest BCUT2D eigenvalue weighted by Crippen LogP contribution is -1.96. The number of benzene rings is 14. The summed E-state index contributed by atoms with van der Waals surface area (Å²) in [4.78, 5) is 29.1. The highest BCUT2D eigenvalue weighted by molar-refractivity contribution is 6.14. The van der Waals surface area contributed by atoms with Gasteiger partial charge in [-0.2, -0.15) is 0 Å². The van der Waals surface area contributed by atoms with Crippen molar-refractivity contribution in [2.45, 2.75) is 0 Å². The van der Waals surface area contributed by atoms with Gasteiger partial charge < -0.3 is 0 Å². The molecule has 0 N–H and O–H groups in total. The van der Waals surface area contributed by atoms with Gasteiger partial charge in [0, 0.05) is 58.2 Å². The second-order valence-corrected chi connectivity index (χ2v) is 25.0. The third-order valence-electron chi connectivity index (χ3n) is 18.8. The van der Waals surface area contributed by atoms with Gasteiger partial charge >= 0.3 is 0 Å². The molecule has 0 aliphatic rings. The summed E-state index contributed by atoms with van der Waals surface area (Å²) >= 11 is 0. The topological polar surface area (TPSA) is 77.3 Å². The van der Waals surface area contributed by atoms with Gasteiger partial charge in [0.25, 0.3) is 0 Å². The maximum Gasteiger partial charge on any atom is 0.160 e. The monoisotopic (exact) mass is 1270 g/mol. The van der Waals surface area contributed by atoms with Crippen molar-refractivity contribution < 1.29 is 0 Å². The maximum absolute atomic E-state index is 5.15. The lowest BCUT2D eigenvalue weighted by atomic mass is 9.93. The van der Waals surface area contributed by atoms with Crippen LogP contribution in [0.5, 0.6) is 0 Å². The molecule has 0 aliphatic carbocycles. The average Bonchev–Trinajstić information content (AvgIpc) is 0.768. The minimum absolute atomic E-state index is 0.691. The van der Waals surface area contributed by atoms with E-state index in [4.69, 9.17) is 19.9 Å². The lowest BCUT2D eigenvalue weighted by Gasteiger charge is -2.13. The molecule has 0 saturated carbocycles. The Hall–Kier alpha value is -13.4. The third kappa shape index (κ3) is 12.4. The number of nitrogens with zero attached hydrogens (tertiary/aromatic N) is 6. The Labute approximate surface area is 580 Å². The van der Waals surface area contributed by atoms with Gasteiger partial charge in [-0.15, -0.1) is 0 Å². The van der Waals surface area contributed by atoms with Crippen LogP contribution in [0, 0.1) is 0 Å². The van der Waals surface area contributed by atoms with Gasteiger partial charge in [0.15, 0.2) is 11.6 Å². The highest BCUT2D eigenvalue weighted by Crippen LogP contribution is 2.39. The van der Waals surface area contributed by atoms with Crippen molar-refractivity contribution in [3.63, 3.8) is 0 Å². The van der Waals surface area contributed by atoms with E-state index in [9.17, 15) is 0 Å². The highest BCUT2D eigenvalue weighted by Gasteiger charge is 2.17. The van der Waals surface area contributed by atoms with E-state index < -0.39 is 0 Å². The van der Waals surface area contributed by atoms with E-state index in [1.807, 2.05) is 30.6 Å². The van der Waals surface area contributed by atoms with E-state index in [0.717, 1.165) is 89.5 Å². The number of rotatable bonds is 12.